The van der Waals surface area contributed by atoms with Crippen molar-refractivity contribution in [3.63, 3.8) is 0 Å². The van der Waals surface area contributed by atoms with Gasteiger partial charge in [0.2, 0.25) is 11.8 Å². The Morgan fingerprint density at radius 3 is 2.73 bits per heavy atom. The third-order valence-corrected chi connectivity index (χ3v) is 5.98. The first-order chi connectivity index (χ1) is 12.6. The van der Waals surface area contributed by atoms with E-state index in [1.807, 2.05) is 0 Å². The average Bonchev–Trinajstić information content (AvgIpc) is 3.08. The third-order valence-electron chi connectivity index (χ3n) is 5.98. The zero-order valence-corrected chi connectivity index (χ0v) is 15.6. The zero-order valence-electron chi connectivity index (χ0n) is 15.6. The highest BCUT2D eigenvalue weighted by Gasteiger charge is 2.34. The highest BCUT2D eigenvalue weighted by atomic mass is 16.2. The summed E-state index contributed by atoms with van der Waals surface area (Å²) in [7, 11) is 0. The fraction of sp³-hybridized carbons (Fsp3) is 0.545. The molecule has 0 bridgehead atoms. The van der Waals surface area contributed by atoms with Crippen LogP contribution in [-0.4, -0.2) is 23.9 Å². The summed E-state index contributed by atoms with van der Waals surface area (Å²) in [6.45, 7) is 4.00. The van der Waals surface area contributed by atoms with Gasteiger partial charge in [-0.25, -0.2) is 0 Å². The highest BCUT2D eigenvalue weighted by molar-refractivity contribution is 5.87. The highest BCUT2D eigenvalue weighted by Crippen LogP contribution is 2.36. The molecule has 0 radical (unpaired) electrons. The summed E-state index contributed by atoms with van der Waals surface area (Å²) in [5.74, 6) is 0.440. The minimum atomic E-state index is -0.290. The van der Waals surface area contributed by atoms with Crippen LogP contribution in [0, 0.1) is 0 Å². The summed E-state index contributed by atoms with van der Waals surface area (Å²) < 4.78 is 0. The van der Waals surface area contributed by atoms with Gasteiger partial charge in [-0.3, -0.25) is 9.59 Å². The van der Waals surface area contributed by atoms with Crippen LogP contribution in [0.1, 0.15) is 68.4 Å². The van der Waals surface area contributed by atoms with Gasteiger partial charge in [0, 0.05) is 13.0 Å². The van der Waals surface area contributed by atoms with E-state index in [4.69, 9.17) is 0 Å². The number of aryl methyl sites for hydroxylation is 1. The lowest BCUT2D eigenvalue weighted by molar-refractivity contribution is -0.124. The van der Waals surface area contributed by atoms with Gasteiger partial charge >= 0.3 is 0 Å². The Morgan fingerprint density at radius 2 is 1.96 bits per heavy atom. The molecule has 2 aliphatic carbocycles. The molecule has 0 saturated heterocycles. The number of hydrogen-bond acceptors (Lipinski definition) is 2. The molecule has 0 aliphatic heterocycles. The summed E-state index contributed by atoms with van der Waals surface area (Å²) in [6.07, 6.45) is 10.3. The maximum absolute atomic E-state index is 12.7. The van der Waals surface area contributed by atoms with Crippen molar-refractivity contribution < 1.29 is 9.59 Å². The van der Waals surface area contributed by atoms with E-state index in [0.29, 0.717) is 18.9 Å². The summed E-state index contributed by atoms with van der Waals surface area (Å²) >= 11 is 0. The van der Waals surface area contributed by atoms with Gasteiger partial charge in [0.25, 0.3) is 0 Å². The molecule has 1 aromatic rings. The van der Waals surface area contributed by atoms with E-state index in [9.17, 15) is 9.59 Å². The second-order valence-electron chi connectivity index (χ2n) is 7.78. The molecule has 0 spiro atoms. The Morgan fingerprint density at radius 1 is 1.19 bits per heavy atom. The number of carbonyl (C=O) groups is 2. The maximum Gasteiger partial charge on any atom is 0.243 e. The van der Waals surface area contributed by atoms with Crippen LogP contribution in [0.4, 0.5) is 0 Å². The van der Waals surface area contributed by atoms with E-state index >= 15 is 0 Å². The second-order valence-corrected chi connectivity index (χ2v) is 7.78. The number of rotatable bonds is 7. The lowest BCUT2D eigenvalue weighted by Gasteiger charge is -2.38. The molecule has 3 rings (SSSR count). The van der Waals surface area contributed by atoms with E-state index in [1.165, 1.54) is 23.6 Å². The van der Waals surface area contributed by atoms with E-state index < -0.39 is 0 Å². The minimum Gasteiger partial charge on any atom is -0.350 e. The Kier molecular flexibility index (Phi) is 6.12. The standard InChI is InChI=1S/C22H30N2O2/c1-2-20(25)23-16-22(14-6-3-7-15-22)24-21(26)13-12-18-11-10-17-8-4-5-9-19(17)18/h2,4-5,8-9,18H,1,3,6-7,10-16H2,(H,23,25)(H,24,26). The normalized spacial score (nSPS) is 20.8. The van der Waals surface area contributed by atoms with Crippen LogP contribution in [0.15, 0.2) is 36.9 Å². The molecule has 1 fully saturated rings. The van der Waals surface area contributed by atoms with Crippen LogP contribution in [0.3, 0.4) is 0 Å². The Hall–Kier alpha value is -2.10. The van der Waals surface area contributed by atoms with Crippen molar-refractivity contribution in [2.24, 2.45) is 0 Å². The van der Waals surface area contributed by atoms with Crippen LogP contribution in [-0.2, 0) is 16.0 Å². The monoisotopic (exact) mass is 354 g/mol. The van der Waals surface area contributed by atoms with Crippen LogP contribution in [0.2, 0.25) is 0 Å². The number of hydrogen-bond donors (Lipinski definition) is 2. The Bertz CT molecular complexity index is 662. The van der Waals surface area contributed by atoms with Gasteiger partial charge in [-0.2, -0.15) is 0 Å². The van der Waals surface area contributed by atoms with Crippen molar-refractivity contribution in [2.75, 3.05) is 6.54 Å². The van der Waals surface area contributed by atoms with Gasteiger partial charge in [0.1, 0.15) is 0 Å². The molecule has 140 valence electrons. The molecule has 26 heavy (non-hydrogen) atoms. The molecule has 4 nitrogen and oxygen atoms in total. The summed E-state index contributed by atoms with van der Waals surface area (Å²) in [5.41, 5.74) is 2.57. The van der Waals surface area contributed by atoms with E-state index in [1.54, 1.807) is 0 Å². The van der Waals surface area contributed by atoms with Gasteiger partial charge in [-0.1, -0.05) is 50.1 Å². The molecule has 1 unspecified atom stereocenters. The van der Waals surface area contributed by atoms with Crippen LogP contribution < -0.4 is 10.6 Å². The predicted molar refractivity (Wildman–Crippen MR) is 104 cm³/mol. The van der Waals surface area contributed by atoms with Crippen molar-refractivity contribution in [1.82, 2.24) is 10.6 Å². The molecule has 1 aromatic carbocycles. The minimum absolute atomic E-state index is 0.115. The van der Waals surface area contributed by atoms with Crippen molar-refractivity contribution in [3.8, 4) is 0 Å². The third kappa shape index (κ3) is 4.54. The molecule has 2 aliphatic rings. The second kappa shape index (κ2) is 8.52. The topological polar surface area (TPSA) is 58.2 Å². The fourth-order valence-electron chi connectivity index (χ4n) is 4.51. The summed E-state index contributed by atoms with van der Waals surface area (Å²) in [6, 6.07) is 8.60. The number of benzene rings is 1. The van der Waals surface area contributed by atoms with Crippen LogP contribution >= 0.6 is 0 Å². The van der Waals surface area contributed by atoms with E-state index in [0.717, 1.165) is 44.9 Å². The van der Waals surface area contributed by atoms with Crippen molar-refractivity contribution in [2.45, 2.75) is 69.2 Å². The van der Waals surface area contributed by atoms with Gasteiger partial charge in [-0.15, -0.1) is 0 Å². The molecule has 0 aromatic heterocycles. The summed E-state index contributed by atoms with van der Waals surface area (Å²) in [5, 5.41) is 6.16. The van der Waals surface area contributed by atoms with Crippen molar-refractivity contribution >= 4 is 11.8 Å². The number of fused-ring (bicyclic) bond motifs is 1. The first-order valence-corrected chi connectivity index (χ1v) is 9.91. The van der Waals surface area contributed by atoms with Crippen LogP contribution in [0.25, 0.3) is 0 Å². The number of amides is 2. The van der Waals surface area contributed by atoms with Gasteiger partial charge in [-0.05, 0) is 55.2 Å². The molecule has 2 N–H and O–H groups in total. The van der Waals surface area contributed by atoms with Gasteiger partial charge in [0.15, 0.2) is 0 Å². The van der Waals surface area contributed by atoms with Crippen LogP contribution in [0.5, 0.6) is 0 Å². The predicted octanol–water partition coefficient (Wildman–Crippen LogP) is 3.62. The Balaban J connectivity index is 1.54. The van der Waals surface area contributed by atoms with Gasteiger partial charge in [0.05, 0.1) is 5.54 Å². The smallest absolute Gasteiger partial charge is 0.243 e. The van der Waals surface area contributed by atoms with E-state index in [2.05, 4.69) is 41.5 Å². The first kappa shape index (κ1) is 18.7. The van der Waals surface area contributed by atoms with Crippen molar-refractivity contribution in [1.29, 1.82) is 0 Å². The van der Waals surface area contributed by atoms with Crippen molar-refractivity contribution in [3.05, 3.63) is 48.0 Å². The zero-order chi connectivity index (χ0) is 18.4. The molecule has 1 saturated carbocycles. The quantitative estimate of drug-likeness (QED) is 0.735. The largest absolute Gasteiger partial charge is 0.350 e. The fourth-order valence-corrected chi connectivity index (χ4v) is 4.51. The Labute approximate surface area is 156 Å². The lowest BCUT2D eigenvalue weighted by Crippen LogP contribution is -2.56. The summed E-state index contributed by atoms with van der Waals surface area (Å²) in [4.78, 5) is 24.2. The molecule has 2 amide bonds. The molecule has 4 heteroatoms. The molecule has 1 atom stereocenters. The van der Waals surface area contributed by atoms with E-state index in [-0.39, 0.29) is 17.4 Å². The first-order valence-electron chi connectivity index (χ1n) is 9.91. The molecular formula is C22H30N2O2. The lowest BCUT2D eigenvalue weighted by atomic mass is 9.81. The molecular weight excluding hydrogens is 324 g/mol. The SMILES string of the molecule is C=CC(=O)NCC1(NC(=O)CCC2CCc3ccccc32)CCCCC1. The average molecular weight is 354 g/mol. The molecule has 0 heterocycles. The number of carbonyl (C=O) groups excluding carboxylic acids is 2. The van der Waals surface area contributed by atoms with Gasteiger partial charge < -0.3 is 10.6 Å². The number of nitrogens with one attached hydrogen (secondary N) is 2. The maximum atomic E-state index is 12.7.